The molecule has 0 saturated heterocycles. The van der Waals surface area contributed by atoms with Crippen molar-refractivity contribution in [1.29, 1.82) is 0 Å². The zero-order chi connectivity index (χ0) is 16.8. The number of rotatable bonds is 5. The lowest BCUT2D eigenvalue weighted by Crippen LogP contribution is -2.40. The molecule has 6 nitrogen and oxygen atoms in total. The van der Waals surface area contributed by atoms with Crippen LogP contribution in [-0.2, 0) is 9.59 Å². The molecule has 2 amide bonds. The van der Waals surface area contributed by atoms with Gasteiger partial charge in [-0.1, -0.05) is 23.7 Å². The minimum Gasteiger partial charge on any atom is -0.468 e. The number of nitrogens with one attached hydrogen (secondary N) is 2. The Morgan fingerprint density at radius 1 is 1.17 bits per heavy atom. The van der Waals surface area contributed by atoms with E-state index in [-0.39, 0.29) is 12.6 Å². The van der Waals surface area contributed by atoms with E-state index in [0.717, 1.165) is 0 Å². The third kappa shape index (κ3) is 4.58. The van der Waals surface area contributed by atoms with Crippen molar-refractivity contribution in [2.75, 3.05) is 26.0 Å². The van der Waals surface area contributed by atoms with Gasteiger partial charge in [-0.05, 0) is 38.4 Å². The van der Waals surface area contributed by atoms with Crippen molar-refractivity contribution in [2.45, 2.75) is 6.04 Å². The maximum absolute atomic E-state index is 11.9. The average Bonchev–Trinajstić information content (AvgIpc) is 3.03. The predicted molar refractivity (Wildman–Crippen MR) is 88.2 cm³/mol. The fraction of sp³-hybridized carbons (Fsp3) is 0.250. The molecule has 0 radical (unpaired) electrons. The van der Waals surface area contributed by atoms with Gasteiger partial charge < -0.3 is 15.1 Å². The lowest BCUT2D eigenvalue weighted by atomic mass is 10.2. The molecular formula is C16H18ClN3O3. The summed E-state index contributed by atoms with van der Waals surface area (Å²) in [5.41, 5.74) is 0.393. The maximum Gasteiger partial charge on any atom is 0.313 e. The van der Waals surface area contributed by atoms with Crippen LogP contribution in [0.15, 0.2) is 47.1 Å². The molecule has 0 fully saturated rings. The van der Waals surface area contributed by atoms with E-state index in [1.54, 1.807) is 36.6 Å². The first-order chi connectivity index (χ1) is 11.0. The second-order valence-corrected chi connectivity index (χ2v) is 5.55. The third-order valence-electron chi connectivity index (χ3n) is 3.28. The Balaban J connectivity index is 1.93. The van der Waals surface area contributed by atoms with Gasteiger partial charge in [-0.15, -0.1) is 0 Å². The van der Waals surface area contributed by atoms with Gasteiger partial charge in [0, 0.05) is 6.54 Å². The summed E-state index contributed by atoms with van der Waals surface area (Å²) >= 11 is 5.94. The number of benzene rings is 1. The highest BCUT2D eigenvalue weighted by Gasteiger charge is 2.20. The third-order valence-corrected chi connectivity index (χ3v) is 3.61. The lowest BCUT2D eigenvalue weighted by Gasteiger charge is -2.22. The van der Waals surface area contributed by atoms with Crippen molar-refractivity contribution in [3.8, 4) is 0 Å². The quantitative estimate of drug-likeness (QED) is 0.822. The fourth-order valence-corrected chi connectivity index (χ4v) is 2.21. The van der Waals surface area contributed by atoms with Crippen molar-refractivity contribution in [3.63, 3.8) is 0 Å². The van der Waals surface area contributed by atoms with E-state index in [0.29, 0.717) is 16.5 Å². The summed E-state index contributed by atoms with van der Waals surface area (Å²) < 4.78 is 5.35. The molecule has 1 heterocycles. The van der Waals surface area contributed by atoms with Crippen LogP contribution in [0.4, 0.5) is 5.69 Å². The highest BCUT2D eigenvalue weighted by atomic mass is 35.5. The molecule has 0 aliphatic rings. The Kier molecular flexibility index (Phi) is 5.78. The van der Waals surface area contributed by atoms with Gasteiger partial charge >= 0.3 is 11.8 Å². The standard InChI is InChI=1S/C16H18ClN3O3/c1-20(2)13(14-8-5-9-23-14)10-18-15(21)16(22)19-12-7-4-3-6-11(12)17/h3-9,13H,10H2,1-2H3,(H,18,21)(H,19,22). The molecule has 1 unspecified atom stereocenters. The molecule has 2 aromatic rings. The summed E-state index contributed by atoms with van der Waals surface area (Å²) in [5.74, 6) is -0.791. The van der Waals surface area contributed by atoms with Crippen LogP contribution in [0.25, 0.3) is 0 Å². The van der Waals surface area contributed by atoms with E-state index in [4.69, 9.17) is 16.0 Å². The van der Waals surface area contributed by atoms with Gasteiger partial charge in [0.15, 0.2) is 0 Å². The predicted octanol–water partition coefficient (Wildman–Crippen LogP) is 2.29. The van der Waals surface area contributed by atoms with Gasteiger partial charge in [-0.3, -0.25) is 14.5 Å². The molecule has 7 heteroatoms. The Labute approximate surface area is 139 Å². The van der Waals surface area contributed by atoms with Crippen LogP contribution in [0.2, 0.25) is 5.02 Å². The number of furan rings is 1. The maximum atomic E-state index is 11.9. The molecular weight excluding hydrogens is 318 g/mol. The van der Waals surface area contributed by atoms with Crippen LogP contribution < -0.4 is 10.6 Å². The topological polar surface area (TPSA) is 74.6 Å². The summed E-state index contributed by atoms with van der Waals surface area (Å²) in [6, 6.07) is 10.1. The number of likely N-dealkylation sites (N-methyl/N-ethyl adjacent to an activating group) is 1. The normalized spacial score (nSPS) is 12.0. The number of carbonyl (C=O) groups excluding carboxylic acids is 2. The van der Waals surface area contributed by atoms with Gasteiger partial charge in [0.05, 0.1) is 23.0 Å². The molecule has 0 bridgehead atoms. The Hall–Kier alpha value is -2.31. The molecule has 23 heavy (non-hydrogen) atoms. The number of carbonyl (C=O) groups is 2. The zero-order valence-corrected chi connectivity index (χ0v) is 13.6. The molecule has 0 aliphatic carbocycles. The van der Waals surface area contributed by atoms with Crippen molar-refractivity contribution in [2.24, 2.45) is 0 Å². The van der Waals surface area contributed by atoms with Crippen LogP contribution in [0.3, 0.4) is 0 Å². The minimum atomic E-state index is -0.768. The van der Waals surface area contributed by atoms with E-state index in [2.05, 4.69) is 10.6 Å². The average molecular weight is 336 g/mol. The fourth-order valence-electron chi connectivity index (χ4n) is 2.03. The van der Waals surface area contributed by atoms with E-state index in [1.165, 1.54) is 0 Å². The van der Waals surface area contributed by atoms with Gasteiger partial charge in [0.1, 0.15) is 5.76 Å². The SMILES string of the molecule is CN(C)C(CNC(=O)C(=O)Nc1ccccc1Cl)c1ccco1. The van der Waals surface area contributed by atoms with Crippen LogP contribution in [0, 0.1) is 0 Å². The first-order valence-electron chi connectivity index (χ1n) is 7.02. The van der Waals surface area contributed by atoms with Crippen LogP contribution in [0.5, 0.6) is 0 Å². The Morgan fingerprint density at radius 3 is 2.52 bits per heavy atom. The molecule has 0 saturated carbocycles. The van der Waals surface area contributed by atoms with Crippen molar-refractivity contribution in [3.05, 3.63) is 53.4 Å². The minimum absolute atomic E-state index is 0.165. The summed E-state index contributed by atoms with van der Waals surface area (Å²) in [6.07, 6.45) is 1.57. The zero-order valence-electron chi connectivity index (χ0n) is 12.9. The lowest BCUT2D eigenvalue weighted by molar-refractivity contribution is -0.136. The number of anilines is 1. The molecule has 2 rings (SSSR count). The molecule has 0 aliphatic heterocycles. The summed E-state index contributed by atoms with van der Waals surface area (Å²) in [7, 11) is 3.73. The number of para-hydroxylation sites is 1. The summed E-state index contributed by atoms with van der Waals surface area (Å²) in [4.78, 5) is 25.7. The Bertz CT molecular complexity index is 671. The number of amides is 2. The van der Waals surface area contributed by atoms with Crippen molar-refractivity contribution < 1.29 is 14.0 Å². The molecule has 1 aromatic carbocycles. The molecule has 1 atom stereocenters. The van der Waals surface area contributed by atoms with Gasteiger partial charge in [0.2, 0.25) is 0 Å². The summed E-state index contributed by atoms with van der Waals surface area (Å²) in [6.45, 7) is 0.245. The van der Waals surface area contributed by atoms with Crippen molar-refractivity contribution in [1.82, 2.24) is 10.2 Å². The number of hydrogen-bond acceptors (Lipinski definition) is 4. The number of halogens is 1. The van der Waals surface area contributed by atoms with Crippen LogP contribution >= 0.6 is 11.6 Å². The number of nitrogens with zero attached hydrogens (tertiary/aromatic N) is 1. The van der Waals surface area contributed by atoms with Gasteiger partial charge in [-0.2, -0.15) is 0 Å². The van der Waals surface area contributed by atoms with Crippen LogP contribution in [-0.4, -0.2) is 37.4 Å². The number of hydrogen-bond donors (Lipinski definition) is 2. The van der Waals surface area contributed by atoms with Gasteiger partial charge in [-0.25, -0.2) is 0 Å². The van der Waals surface area contributed by atoms with Crippen LogP contribution in [0.1, 0.15) is 11.8 Å². The van der Waals surface area contributed by atoms with Gasteiger partial charge in [0.25, 0.3) is 0 Å². The molecule has 2 N–H and O–H groups in total. The van der Waals surface area contributed by atoms with E-state index in [9.17, 15) is 9.59 Å². The highest BCUT2D eigenvalue weighted by molar-refractivity contribution is 6.41. The smallest absolute Gasteiger partial charge is 0.313 e. The summed E-state index contributed by atoms with van der Waals surface area (Å²) in [5, 5.41) is 5.44. The van der Waals surface area contributed by atoms with E-state index < -0.39 is 11.8 Å². The second kappa shape index (κ2) is 7.80. The molecule has 122 valence electrons. The highest BCUT2D eigenvalue weighted by Crippen LogP contribution is 2.20. The monoisotopic (exact) mass is 335 g/mol. The largest absolute Gasteiger partial charge is 0.468 e. The first-order valence-corrected chi connectivity index (χ1v) is 7.40. The molecule has 1 aromatic heterocycles. The van der Waals surface area contributed by atoms with E-state index in [1.807, 2.05) is 25.1 Å². The van der Waals surface area contributed by atoms with E-state index >= 15 is 0 Å². The first kappa shape index (κ1) is 17.1. The second-order valence-electron chi connectivity index (χ2n) is 5.14. The van der Waals surface area contributed by atoms with Crippen molar-refractivity contribution >= 4 is 29.1 Å². The Morgan fingerprint density at radius 2 is 1.91 bits per heavy atom. The molecule has 0 spiro atoms.